The van der Waals surface area contributed by atoms with Gasteiger partial charge in [-0.25, -0.2) is 4.79 Å². The molecule has 0 saturated carbocycles. The second-order valence-corrected chi connectivity index (χ2v) is 2.88. The first-order valence-electron chi connectivity index (χ1n) is 4.32. The SMILES string of the molecule is CC/C(=C/C(C#N)(C#N)CC)C(=O)O. The van der Waals surface area contributed by atoms with Crippen molar-refractivity contribution in [1.82, 2.24) is 0 Å². The molecule has 0 atom stereocenters. The molecule has 0 amide bonds. The van der Waals surface area contributed by atoms with E-state index in [2.05, 4.69) is 0 Å². The first-order valence-corrected chi connectivity index (χ1v) is 4.32. The largest absolute Gasteiger partial charge is 0.478 e. The number of hydrogen-bond acceptors (Lipinski definition) is 3. The molecule has 0 aromatic heterocycles. The van der Waals surface area contributed by atoms with Crippen LogP contribution < -0.4 is 0 Å². The van der Waals surface area contributed by atoms with Gasteiger partial charge in [-0.3, -0.25) is 0 Å². The van der Waals surface area contributed by atoms with Crippen LogP contribution in [0.1, 0.15) is 26.7 Å². The zero-order chi connectivity index (χ0) is 11.2. The summed E-state index contributed by atoms with van der Waals surface area (Å²) in [4.78, 5) is 10.7. The lowest BCUT2D eigenvalue weighted by Gasteiger charge is -2.11. The van der Waals surface area contributed by atoms with E-state index in [9.17, 15) is 4.79 Å². The van der Waals surface area contributed by atoms with Crippen molar-refractivity contribution in [3.63, 3.8) is 0 Å². The van der Waals surface area contributed by atoms with Crippen LogP contribution in [-0.4, -0.2) is 11.1 Å². The molecule has 0 bridgehead atoms. The van der Waals surface area contributed by atoms with E-state index in [-0.39, 0.29) is 12.0 Å². The fourth-order valence-electron chi connectivity index (χ4n) is 0.962. The Labute approximate surface area is 83.1 Å². The number of nitrogens with zero attached hydrogens (tertiary/aromatic N) is 2. The predicted molar refractivity (Wildman–Crippen MR) is 50.0 cm³/mol. The average molecular weight is 192 g/mol. The molecule has 4 nitrogen and oxygen atoms in total. The summed E-state index contributed by atoms with van der Waals surface area (Å²) in [6.45, 7) is 3.35. The second-order valence-electron chi connectivity index (χ2n) is 2.88. The van der Waals surface area contributed by atoms with Crippen LogP contribution in [0.4, 0.5) is 0 Å². The van der Waals surface area contributed by atoms with Crippen LogP contribution in [0, 0.1) is 28.1 Å². The van der Waals surface area contributed by atoms with Gasteiger partial charge < -0.3 is 5.11 Å². The van der Waals surface area contributed by atoms with Crippen LogP contribution in [-0.2, 0) is 4.79 Å². The van der Waals surface area contributed by atoms with Crippen molar-refractivity contribution in [2.45, 2.75) is 26.7 Å². The van der Waals surface area contributed by atoms with E-state index in [0.717, 1.165) is 0 Å². The Bertz CT molecular complexity index is 317. The topological polar surface area (TPSA) is 84.9 Å². The minimum Gasteiger partial charge on any atom is -0.478 e. The van der Waals surface area contributed by atoms with Gasteiger partial charge >= 0.3 is 5.97 Å². The molecular weight excluding hydrogens is 180 g/mol. The van der Waals surface area contributed by atoms with Crippen molar-refractivity contribution >= 4 is 5.97 Å². The van der Waals surface area contributed by atoms with Gasteiger partial charge in [0, 0.05) is 5.57 Å². The summed E-state index contributed by atoms with van der Waals surface area (Å²) in [5.74, 6) is -1.07. The van der Waals surface area contributed by atoms with Gasteiger partial charge in [-0.1, -0.05) is 13.8 Å². The van der Waals surface area contributed by atoms with Crippen molar-refractivity contribution in [2.24, 2.45) is 5.41 Å². The average Bonchev–Trinajstić information content (AvgIpc) is 2.20. The zero-order valence-electron chi connectivity index (χ0n) is 8.24. The highest BCUT2D eigenvalue weighted by atomic mass is 16.4. The van der Waals surface area contributed by atoms with Crippen LogP contribution in [0.3, 0.4) is 0 Å². The number of allylic oxidation sites excluding steroid dienone is 1. The molecule has 1 N–H and O–H groups in total. The smallest absolute Gasteiger partial charge is 0.331 e. The van der Waals surface area contributed by atoms with Gasteiger partial charge in [0.15, 0.2) is 5.41 Å². The van der Waals surface area contributed by atoms with E-state index in [1.165, 1.54) is 6.08 Å². The van der Waals surface area contributed by atoms with Crippen LogP contribution in [0.25, 0.3) is 0 Å². The number of hydrogen-bond donors (Lipinski definition) is 1. The van der Waals surface area contributed by atoms with Crippen molar-refractivity contribution in [3.8, 4) is 12.1 Å². The van der Waals surface area contributed by atoms with Gasteiger partial charge in [-0.2, -0.15) is 10.5 Å². The van der Waals surface area contributed by atoms with E-state index < -0.39 is 11.4 Å². The van der Waals surface area contributed by atoms with Crippen molar-refractivity contribution in [1.29, 1.82) is 10.5 Å². The Morgan fingerprint density at radius 3 is 2.14 bits per heavy atom. The highest BCUT2D eigenvalue weighted by Crippen LogP contribution is 2.24. The van der Waals surface area contributed by atoms with E-state index >= 15 is 0 Å². The van der Waals surface area contributed by atoms with E-state index in [1.807, 2.05) is 12.1 Å². The highest BCUT2D eigenvalue weighted by Gasteiger charge is 2.26. The number of carboxylic acids is 1. The van der Waals surface area contributed by atoms with Crippen LogP contribution in [0.5, 0.6) is 0 Å². The molecule has 0 fully saturated rings. The maximum absolute atomic E-state index is 10.7. The summed E-state index contributed by atoms with van der Waals surface area (Å²) in [5, 5.41) is 26.3. The standard InChI is InChI=1S/C10H12N2O2/c1-3-8(9(13)14)5-10(4-2,6-11)7-12/h5H,3-4H2,1-2H3,(H,13,14)/b8-5-. The van der Waals surface area contributed by atoms with Crippen molar-refractivity contribution < 1.29 is 9.90 Å². The van der Waals surface area contributed by atoms with Gasteiger partial charge in [0.05, 0.1) is 12.1 Å². The molecule has 0 saturated heterocycles. The third-order valence-electron chi connectivity index (χ3n) is 2.03. The highest BCUT2D eigenvalue weighted by molar-refractivity contribution is 5.86. The lowest BCUT2D eigenvalue weighted by molar-refractivity contribution is -0.132. The Morgan fingerprint density at radius 1 is 1.43 bits per heavy atom. The van der Waals surface area contributed by atoms with Gasteiger partial charge in [-0.05, 0) is 18.9 Å². The molecule has 0 aromatic carbocycles. The van der Waals surface area contributed by atoms with E-state index in [1.54, 1.807) is 13.8 Å². The molecule has 0 aliphatic carbocycles. The Morgan fingerprint density at radius 2 is 1.93 bits per heavy atom. The Hall–Kier alpha value is -1.81. The van der Waals surface area contributed by atoms with Gasteiger partial charge in [-0.15, -0.1) is 0 Å². The Balaban J connectivity index is 5.20. The van der Waals surface area contributed by atoms with Gasteiger partial charge in [0.25, 0.3) is 0 Å². The number of nitriles is 2. The summed E-state index contributed by atoms with van der Waals surface area (Å²) in [7, 11) is 0. The molecule has 0 aliphatic heterocycles. The molecule has 4 heteroatoms. The number of aliphatic carboxylic acids is 1. The molecule has 0 radical (unpaired) electrons. The third-order valence-corrected chi connectivity index (χ3v) is 2.03. The van der Waals surface area contributed by atoms with Crippen molar-refractivity contribution in [2.75, 3.05) is 0 Å². The normalized spacial score (nSPS) is 11.6. The second kappa shape index (κ2) is 5.04. The Kier molecular flexibility index (Phi) is 4.38. The van der Waals surface area contributed by atoms with Gasteiger partial charge in [0.2, 0.25) is 0 Å². The van der Waals surface area contributed by atoms with Gasteiger partial charge in [0.1, 0.15) is 0 Å². The minimum atomic E-state index is -1.30. The monoisotopic (exact) mass is 192 g/mol. The van der Waals surface area contributed by atoms with E-state index in [0.29, 0.717) is 6.42 Å². The molecule has 0 heterocycles. The number of carboxylic acid groups (broad SMARTS) is 1. The van der Waals surface area contributed by atoms with Crippen LogP contribution in [0.15, 0.2) is 11.6 Å². The summed E-state index contributed by atoms with van der Waals surface area (Å²) in [5.41, 5.74) is -1.20. The summed E-state index contributed by atoms with van der Waals surface area (Å²) >= 11 is 0. The summed E-state index contributed by atoms with van der Waals surface area (Å²) < 4.78 is 0. The van der Waals surface area contributed by atoms with E-state index in [4.69, 9.17) is 15.6 Å². The van der Waals surface area contributed by atoms with Crippen LogP contribution >= 0.6 is 0 Å². The maximum atomic E-state index is 10.7. The molecule has 0 aliphatic rings. The minimum absolute atomic E-state index is 0.106. The first kappa shape index (κ1) is 12.2. The summed E-state index contributed by atoms with van der Waals surface area (Å²) in [6.07, 6.45) is 1.84. The molecule has 0 rings (SSSR count). The number of rotatable bonds is 4. The van der Waals surface area contributed by atoms with Crippen LogP contribution in [0.2, 0.25) is 0 Å². The molecule has 0 spiro atoms. The zero-order valence-corrected chi connectivity index (χ0v) is 8.24. The van der Waals surface area contributed by atoms with Crippen molar-refractivity contribution in [3.05, 3.63) is 11.6 Å². The maximum Gasteiger partial charge on any atom is 0.331 e. The molecule has 0 unspecified atom stereocenters. The lowest BCUT2D eigenvalue weighted by atomic mass is 9.86. The summed E-state index contributed by atoms with van der Waals surface area (Å²) in [6, 6.07) is 3.67. The molecule has 74 valence electrons. The quantitative estimate of drug-likeness (QED) is 0.689. The predicted octanol–water partition coefficient (Wildman–Crippen LogP) is 1.85. The molecule has 14 heavy (non-hydrogen) atoms. The molecular formula is C10H12N2O2. The fourth-order valence-corrected chi connectivity index (χ4v) is 0.962. The third kappa shape index (κ3) is 2.60. The fraction of sp³-hybridized carbons (Fsp3) is 0.500. The molecule has 0 aromatic rings. The lowest BCUT2D eigenvalue weighted by Crippen LogP contribution is -2.14. The number of carbonyl (C=O) groups is 1. The first-order chi connectivity index (χ1) is 6.55.